The molecule has 7 nitrogen and oxygen atoms in total. The average molecular weight is 437 g/mol. The standard InChI is InChI=1S/C18H17ClN4O3S2/c1-22(2)10-13-8-14-17-11(5-6-28(25,26)18(14)27-13)7-16(24)23(21-17)15-4-3-12(19)9-20-15/h3-4,7-9H,5-6,10H2,1-2H3. The number of nitrogens with zero attached hydrogens (tertiary/aromatic N) is 4. The Hall–Kier alpha value is -2.07. The number of hydrogen-bond donors (Lipinski definition) is 0. The van der Waals surface area contributed by atoms with E-state index < -0.39 is 9.84 Å². The molecule has 0 unspecified atom stereocenters. The van der Waals surface area contributed by atoms with Gasteiger partial charge in [-0.3, -0.25) is 4.79 Å². The third-order valence-corrected chi connectivity index (χ3v) is 8.01. The second kappa shape index (κ2) is 7.07. The molecule has 0 fully saturated rings. The van der Waals surface area contributed by atoms with Crippen LogP contribution >= 0.6 is 22.9 Å². The first-order valence-corrected chi connectivity index (χ1v) is 11.3. The first-order valence-electron chi connectivity index (χ1n) is 8.50. The lowest BCUT2D eigenvalue weighted by Crippen LogP contribution is -2.23. The molecule has 146 valence electrons. The fourth-order valence-corrected chi connectivity index (χ4v) is 6.47. The van der Waals surface area contributed by atoms with Gasteiger partial charge in [0.15, 0.2) is 15.7 Å². The Bertz CT molecular complexity index is 1210. The van der Waals surface area contributed by atoms with Crippen LogP contribution in [0.1, 0.15) is 10.4 Å². The molecule has 0 N–H and O–H groups in total. The predicted octanol–water partition coefficient (Wildman–Crippen LogP) is 2.40. The maximum atomic E-state index is 12.8. The van der Waals surface area contributed by atoms with Gasteiger partial charge < -0.3 is 4.90 Å². The van der Waals surface area contributed by atoms with Gasteiger partial charge in [0.2, 0.25) is 0 Å². The molecule has 0 aliphatic carbocycles. The van der Waals surface area contributed by atoms with Gasteiger partial charge in [0.05, 0.1) is 16.5 Å². The van der Waals surface area contributed by atoms with Crippen molar-refractivity contribution in [2.45, 2.75) is 17.2 Å². The number of hydrogen-bond acceptors (Lipinski definition) is 7. The quantitative estimate of drug-likeness (QED) is 0.626. The maximum Gasteiger partial charge on any atom is 0.273 e. The van der Waals surface area contributed by atoms with Crippen molar-refractivity contribution in [2.75, 3.05) is 19.8 Å². The molecule has 28 heavy (non-hydrogen) atoms. The van der Waals surface area contributed by atoms with Crippen LogP contribution in [-0.4, -0.2) is 47.9 Å². The number of sulfone groups is 1. The van der Waals surface area contributed by atoms with Gasteiger partial charge in [-0.05, 0) is 44.3 Å². The molecular formula is C18H17ClN4O3S2. The van der Waals surface area contributed by atoms with Crippen molar-refractivity contribution in [3.05, 3.63) is 56.3 Å². The van der Waals surface area contributed by atoms with Gasteiger partial charge in [-0.1, -0.05) is 11.6 Å². The second-order valence-corrected chi connectivity index (χ2v) is 10.7. The number of pyridine rings is 1. The van der Waals surface area contributed by atoms with Crippen molar-refractivity contribution >= 4 is 32.8 Å². The maximum absolute atomic E-state index is 12.8. The van der Waals surface area contributed by atoms with Crippen LogP contribution in [-0.2, 0) is 22.8 Å². The summed E-state index contributed by atoms with van der Waals surface area (Å²) >= 11 is 7.14. The van der Waals surface area contributed by atoms with E-state index in [4.69, 9.17) is 11.6 Å². The van der Waals surface area contributed by atoms with Gasteiger partial charge in [0.1, 0.15) is 4.21 Å². The highest BCUT2D eigenvalue weighted by molar-refractivity contribution is 7.93. The molecule has 4 rings (SSSR count). The van der Waals surface area contributed by atoms with E-state index in [0.717, 1.165) is 4.88 Å². The van der Waals surface area contributed by atoms with E-state index in [1.165, 1.54) is 28.3 Å². The summed E-state index contributed by atoms with van der Waals surface area (Å²) in [6, 6.07) is 6.53. The fraction of sp³-hybridized carbons (Fsp3) is 0.278. The molecule has 1 aliphatic heterocycles. The molecule has 3 aromatic heterocycles. The Balaban J connectivity index is 1.94. The van der Waals surface area contributed by atoms with Crippen LogP contribution in [0.3, 0.4) is 0 Å². The molecule has 1 aliphatic rings. The summed E-state index contributed by atoms with van der Waals surface area (Å²) in [6.45, 7) is 0.626. The monoisotopic (exact) mass is 436 g/mol. The number of halogens is 1. The Morgan fingerprint density at radius 1 is 1.29 bits per heavy atom. The molecule has 0 spiro atoms. The van der Waals surface area contributed by atoms with Gasteiger partial charge in [-0.15, -0.1) is 11.3 Å². The van der Waals surface area contributed by atoms with Crippen LogP contribution < -0.4 is 5.56 Å². The second-order valence-electron chi connectivity index (χ2n) is 6.82. The van der Waals surface area contributed by atoms with Crippen LogP contribution in [0.5, 0.6) is 0 Å². The molecule has 0 radical (unpaired) electrons. The van der Waals surface area contributed by atoms with E-state index in [2.05, 4.69) is 10.1 Å². The average Bonchev–Trinajstić information content (AvgIpc) is 3.01. The lowest BCUT2D eigenvalue weighted by atomic mass is 10.1. The summed E-state index contributed by atoms with van der Waals surface area (Å²) in [5.74, 6) is 0.286. The van der Waals surface area contributed by atoms with Crippen molar-refractivity contribution in [3.63, 3.8) is 0 Å². The van der Waals surface area contributed by atoms with Crippen molar-refractivity contribution in [3.8, 4) is 17.1 Å². The van der Waals surface area contributed by atoms with Crippen LogP contribution in [0.15, 0.2) is 39.5 Å². The summed E-state index contributed by atoms with van der Waals surface area (Å²) in [4.78, 5) is 19.6. The molecule has 10 heteroatoms. The Labute approximate surface area is 171 Å². The van der Waals surface area contributed by atoms with Crippen LogP contribution in [0.25, 0.3) is 17.1 Å². The zero-order chi connectivity index (χ0) is 20.1. The van der Waals surface area contributed by atoms with Crippen molar-refractivity contribution in [1.82, 2.24) is 19.7 Å². The number of fused-ring (bicyclic) bond motifs is 3. The Morgan fingerprint density at radius 3 is 2.75 bits per heavy atom. The Kier molecular flexibility index (Phi) is 4.86. The van der Waals surface area contributed by atoms with Gasteiger partial charge >= 0.3 is 0 Å². The number of thiophene rings is 1. The molecule has 4 heterocycles. The van der Waals surface area contributed by atoms with Crippen LogP contribution in [0.4, 0.5) is 0 Å². The topological polar surface area (TPSA) is 85.2 Å². The summed E-state index contributed by atoms with van der Waals surface area (Å²) in [5.41, 5.74) is 1.33. The van der Waals surface area contributed by atoms with E-state index in [1.54, 1.807) is 12.1 Å². The normalized spacial score (nSPS) is 15.1. The lowest BCUT2D eigenvalue weighted by Gasteiger charge is -2.09. The van der Waals surface area contributed by atoms with Crippen LogP contribution in [0.2, 0.25) is 5.02 Å². The minimum absolute atomic E-state index is 0.0424. The smallest absolute Gasteiger partial charge is 0.273 e. The minimum Gasteiger partial charge on any atom is -0.304 e. The van der Waals surface area contributed by atoms with E-state index in [9.17, 15) is 13.2 Å². The molecule has 3 aromatic rings. The molecule has 0 saturated carbocycles. The molecule has 0 saturated heterocycles. The van der Waals surface area contributed by atoms with Crippen molar-refractivity contribution < 1.29 is 8.42 Å². The SMILES string of the molecule is CN(C)Cc1cc2c(s1)S(=O)(=O)CCc1cc(=O)n(-c3ccc(Cl)cn3)nc1-2. The van der Waals surface area contributed by atoms with Gasteiger partial charge in [-0.25, -0.2) is 13.4 Å². The molecule has 0 atom stereocenters. The number of aromatic nitrogens is 3. The van der Waals surface area contributed by atoms with Crippen molar-refractivity contribution in [1.29, 1.82) is 0 Å². The zero-order valence-electron chi connectivity index (χ0n) is 15.2. The van der Waals surface area contributed by atoms with Gasteiger partial charge in [-0.2, -0.15) is 9.78 Å². The molecule has 0 amide bonds. The molecule has 0 aromatic carbocycles. The highest BCUT2D eigenvalue weighted by Gasteiger charge is 2.30. The van der Waals surface area contributed by atoms with E-state index in [0.29, 0.717) is 38.4 Å². The first kappa shape index (κ1) is 19.3. The third kappa shape index (κ3) is 3.50. The summed E-state index contributed by atoms with van der Waals surface area (Å²) < 4.78 is 27.1. The highest BCUT2D eigenvalue weighted by atomic mass is 35.5. The number of aryl methyl sites for hydroxylation is 1. The summed E-state index contributed by atoms with van der Waals surface area (Å²) in [7, 11) is 0.411. The van der Waals surface area contributed by atoms with Gasteiger partial charge in [0, 0.05) is 29.2 Å². The predicted molar refractivity (Wildman–Crippen MR) is 109 cm³/mol. The summed E-state index contributed by atoms with van der Waals surface area (Å²) in [6.07, 6.45) is 1.69. The van der Waals surface area contributed by atoms with E-state index >= 15 is 0 Å². The van der Waals surface area contributed by atoms with Crippen LogP contribution in [0, 0.1) is 0 Å². The minimum atomic E-state index is -3.44. The third-order valence-electron chi connectivity index (χ3n) is 4.34. The van der Waals surface area contributed by atoms with E-state index in [-0.39, 0.29) is 17.7 Å². The highest BCUT2D eigenvalue weighted by Crippen LogP contribution is 2.39. The molecule has 0 bridgehead atoms. The lowest BCUT2D eigenvalue weighted by molar-refractivity contribution is 0.406. The van der Waals surface area contributed by atoms with Gasteiger partial charge in [0.25, 0.3) is 5.56 Å². The zero-order valence-corrected chi connectivity index (χ0v) is 17.6. The van der Waals surface area contributed by atoms with E-state index in [1.807, 2.05) is 25.1 Å². The fourth-order valence-electron chi connectivity index (χ4n) is 3.11. The largest absolute Gasteiger partial charge is 0.304 e. The Morgan fingerprint density at radius 2 is 2.07 bits per heavy atom. The van der Waals surface area contributed by atoms with Crippen molar-refractivity contribution in [2.24, 2.45) is 0 Å². The molecular weight excluding hydrogens is 420 g/mol. The number of rotatable bonds is 3. The summed E-state index contributed by atoms with van der Waals surface area (Å²) in [5, 5.41) is 4.95. The first-order chi connectivity index (χ1) is 13.2.